The second-order valence-electron chi connectivity index (χ2n) is 7.91. The van der Waals surface area contributed by atoms with Crippen molar-refractivity contribution in [1.29, 1.82) is 0 Å². The van der Waals surface area contributed by atoms with Gasteiger partial charge >= 0.3 is 0 Å². The third kappa shape index (κ3) is 6.51. The molecule has 0 unspecified atom stereocenters. The number of ether oxygens (including phenoxy) is 2. The quantitative estimate of drug-likeness (QED) is 0.120. The first-order valence-electron chi connectivity index (χ1n) is 11.0. The van der Waals surface area contributed by atoms with E-state index in [1.807, 2.05) is 24.3 Å². The summed E-state index contributed by atoms with van der Waals surface area (Å²) in [6.07, 6.45) is 0. The van der Waals surface area contributed by atoms with E-state index in [-0.39, 0.29) is 28.2 Å². The Labute approximate surface area is 226 Å². The van der Waals surface area contributed by atoms with Crippen LogP contribution in [0.2, 0.25) is 10.0 Å². The molecular weight excluding hydrogens is 542 g/mol. The van der Waals surface area contributed by atoms with Gasteiger partial charge in [-0.15, -0.1) is 10.2 Å². The SMILES string of the molecule is COc1ccc(-n2c(C)nnc2S[C@H](C[N+](=O)[O-])c2cc(Cl)c(OCc3ccc(F)cc3)c(Cl)c2)cc1. The molecule has 0 aliphatic rings. The first kappa shape index (κ1) is 26.7. The molecule has 0 saturated heterocycles. The molecule has 1 aromatic heterocycles. The van der Waals surface area contributed by atoms with Crippen LogP contribution in [0.4, 0.5) is 4.39 Å². The summed E-state index contributed by atoms with van der Waals surface area (Å²) in [5.41, 5.74) is 2.05. The predicted molar refractivity (Wildman–Crippen MR) is 140 cm³/mol. The average Bonchev–Trinajstić information content (AvgIpc) is 3.23. The largest absolute Gasteiger partial charge is 0.497 e. The van der Waals surface area contributed by atoms with Crippen molar-refractivity contribution >= 4 is 35.0 Å². The summed E-state index contributed by atoms with van der Waals surface area (Å²) in [7, 11) is 1.58. The number of aryl methyl sites for hydroxylation is 1. The summed E-state index contributed by atoms with van der Waals surface area (Å²) in [5, 5.41) is 20.2. The molecule has 0 bridgehead atoms. The molecule has 1 heterocycles. The molecule has 192 valence electrons. The number of nitro groups is 1. The highest BCUT2D eigenvalue weighted by molar-refractivity contribution is 7.99. The number of halogens is 3. The zero-order chi connectivity index (χ0) is 26.5. The first-order chi connectivity index (χ1) is 17.7. The van der Waals surface area contributed by atoms with Crippen LogP contribution in [0.5, 0.6) is 11.5 Å². The van der Waals surface area contributed by atoms with Gasteiger partial charge in [0, 0.05) is 10.6 Å². The van der Waals surface area contributed by atoms with Crippen molar-refractivity contribution in [2.24, 2.45) is 0 Å². The number of nitrogens with zero attached hydrogens (tertiary/aromatic N) is 4. The lowest BCUT2D eigenvalue weighted by atomic mass is 10.1. The van der Waals surface area contributed by atoms with Crippen LogP contribution < -0.4 is 9.47 Å². The molecule has 4 rings (SSSR count). The summed E-state index contributed by atoms with van der Waals surface area (Å²) in [4.78, 5) is 11.1. The van der Waals surface area contributed by atoms with Gasteiger partial charge < -0.3 is 9.47 Å². The minimum absolute atomic E-state index is 0.121. The highest BCUT2D eigenvalue weighted by Crippen LogP contribution is 2.42. The van der Waals surface area contributed by atoms with E-state index in [9.17, 15) is 14.5 Å². The van der Waals surface area contributed by atoms with Crippen LogP contribution in [0.25, 0.3) is 5.69 Å². The average molecular weight is 563 g/mol. The summed E-state index contributed by atoms with van der Waals surface area (Å²) >= 11 is 14.1. The van der Waals surface area contributed by atoms with Gasteiger partial charge in [-0.3, -0.25) is 14.7 Å². The lowest BCUT2D eigenvalue weighted by Crippen LogP contribution is -2.11. The number of rotatable bonds is 10. The highest BCUT2D eigenvalue weighted by atomic mass is 35.5. The van der Waals surface area contributed by atoms with E-state index in [2.05, 4.69) is 10.2 Å². The van der Waals surface area contributed by atoms with Crippen molar-refractivity contribution < 1.29 is 18.8 Å². The zero-order valence-electron chi connectivity index (χ0n) is 19.7. The highest BCUT2D eigenvalue weighted by Gasteiger charge is 2.26. The van der Waals surface area contributed by atoms with Gasteiger partial charge in [-0.25, -0.2) is 4.39 Å². The molecule has 1 atom stereocenters. The van der Waals surface area contributed by atoms with Gasteiger partial charge in [0.05, 0.1) is 17.2 Å². The zero-order valence-corrected chi connectivity index (χ0v) is 22.1. The lowest BCUT2D eigenvalue weighted by Gasteiger charge is -2.17. The van der Waals surface area contributed by atoms with Gasteiger partial charge in [0.25, 0.3) is 0 Å². The summed E-state index contributed by atoms with van der Waals surface area (Å²) in [6.45, 7) is 1.52. The molecule has 0 spiro atoms. The molecule has 0 aliphatic heterocycles. The van der Waals surface area contributed by atoms with Crippen LogP contribution in [0.1, 0.15) is 22.2 Å². The van der Waals surface area contributed by atoms with Crippen molar-refractivity contribution in [3.8, 4) is 17.2 Å². The van der Waals surface area contributed by atoms with Gasteiger partial charge in [0.2, 0.25) is 6.54 Å². The minimum atomic E-state index is -0.670. The van der Waals surface area contributed by atoms with Crippen molar-refractivity contribution in [2.75, 3.05) is 13.7 Å². The Bertz CT molecular complexity index is 1380. The summed E-state index contributed by atoms with van der Waals surface area (Å²) in [5.74, 6) is 1.20. The standard InChI is InChI=1S/C25H21Cl2FN4O4S/c1-15-29-30-25(32(15)19-7-9-20(35-2)10-8-19)37-23(13-31(33)34)17-11-21(26)24(22(27)12-17)36-14-16-3-5-18(28)6-4-16/h3-12,23H,13-14H2,1-2H3/t23-/m1/s1. The fraction of sp³-hybridized carbons (Fsp3) is 0.200. The maximum Gasteiger partial charge on any atom is 0.220 e. The molecule has 3 aromatic carbocycles. The van der Waals surface area contributed by atoms with Crippen molar-refractivity contribution in [1.82, 2.24) is 14.8 Å². The summed E-state index contributed by atoms with van der Waals surface area (Å²) in [6, 6.07) is 16.3. The van der Waals surface area contributed by atoms with Gasteiger partial charge in [-0.2, -0.15) is 0 Å². The molecule has 0 amide bonds. The van der Waals surface area contributed by atoms with Gasteiger partial charge in [0.1, 0.15) is 29.2 Å². The molecule has 0 radical (unpaired) electrons. The van der Waals surface area contributed by atoms with Crippen molar-refractivity contribution in [3.63, 3.8) is 0 Å². The maximum atomic E-state index is 13.2. The van der Waals surface area contributed by atoms with Crippen LogP contribution in [0.3, 0.4) is 0 Å². The van der Waals surface area contributed by atoms with E-state index in [4.69, 9.17) is 32.7 Å². The number of aromatic nitrogens is 3. The topological polar surface area (TPSA) is 92.3 Å². The van der Waals surface area contributed by atoms with Gasteiger partial charge in [-0.05, 0) is 66.6 Å². The Morgan fingerprint density at radius 1 is 1.08 bits per heavy atom. The Balaban J connectivity index is 1.60. The molecule has 0 aliphatic carbocycles. The van der Waals surface area contributed by atoms with E-state index < -0.39 is 16.7 Å². The maximum absolute atomic E-state index is 13.2. The van der Waals surface area contributed by atoms with Crippen LogP contribution in [0, 0.1) is 22.9 Å². The van der Waals surface area contributed by atoms with E-state index in [0.717, 1.165) is 11.3 Å². The van der Waals surface area contributed by atoms with E-state index in [1.54, 1.807) is 42.9 Å². The monoisotopic (exact) mass is 562 g/mol. The lowest BCUT2D eigenvalue weighted by molar-refractivity contribution is -0.479. The predicted octanol–water partition coefficient (Wildman–Crippen LogP) is 6.72. The Kier molecular flexibility index (Phi) is 8.52. The second-order valence-corrected chi connectivity index (χ2v) is 9.90. The normalized spacial score (nSPS) is 11.8. The van der Waals surface area contributed by atoms with Crippen LogP contribution in [0.15, 0.2) is 65.8 Å². The van der Waals surface area contributed by atoms with Crippen LogP contribution >= 0.6 is 35.0 Å². The van der Waals surface area contributed by atoms with Crippen molar-refractivity contribution in [2.45, 2.75) is 23.9 Å². The molecular formula is C25H21Cl2FN4O4S. The van der Waals surface area contributed by atoms with E-state index in [0.29, 0.717) is 22.3 Å². The van der Waals surface area contributed by atoms with Crippen LogP contribution in [-0.4, -0.2) is 33.3 Å². The molecule has 12 heteroatoms. The number of benzene rings is 3. The number of methoxy groups -OCH3 is 1. The Hall–Kier alpha value is -3.34. The number of thioether (sulfide) groups is 1. The third-order valence-corrected chi connectivity index (χ3v) is 7.12. The fourth-order valence-corrected chi connectivity index (χ4v) is 5.33. The third-order valence-electron chi connectivity index (χ3n) is 5.38. The molecule has 0 fully saturated rings. The molecule has 8 nitrogen and oxygen atoms in total. The molecule has 0 N–H and O–H groups in total. The van der Waals surface area contributed by atoms with Crippen molar-refractivity contribution in [3.05, 3.63) is 104 Å². The molecule has 0 saturated carbocycles. The summed E-state index contributed by atoms with van der Waals surface area (Å²) < 4.78 is 25.9. The number of hydrogen-bond acceptors (Lipinski definition) is 7. The Morgan fingerprint density at radius 3 is 2.32 bits per heavy atom. The smallest absolute Gasteiger partial charge is 0.220 e. The van der Waals surface area contributed by atoms with Crippen LogP contribution in [-0.2, 0) is 6.61 Å². The fourth-order valence-electron chi connectivity index (χ4n) is 3.56. The van der Waals surface area contributed by atoms with E-state index in [1.165, 1.54) is 23.9 Å². The minimum Gasteiger partial charge on any atom is -0.497 e. The van der Waals surface area contributed by atoms with Gasteiger partial charge in [0.15, 0.2) is 10.9 Å². The molecule has 37 heavy (non-hydrogen) atoms. The second kappa shape index (κ2) is 11.8. The first-order valence-corrected chi connectivity index (χ1v) is 12.6. The number of hydrogen-bond donors (Lipinski definition) is 0. The van der Waals surface area contributed by atoms with Gasteiger partial charge in [-0.1, -0.05) is 47.1 Å². The molecule has 4 aromatic rings. The Morgan fingerprint density at radius 2 is 1.73 bits per heavy atom. The van der Waals surface area contributed by atoms with E-state index >= 15 is 0 Å².